The van der Waals surface area contributed by atoms with Gasteiger partial charge in [0.05, 0.1) is 28.8 Å². The van der Waals surface area contributed by atoms with Gasteiger partial charge in [-0.2, -0.15) is 5.10 Å². The van der Waals surface area contributed by atoms with E-state index in [1.54, 1.807) is 31.2 Å². The summed E-state index contributed by atoms with van der Waals surface area (Å²) in [5.41, 5.74) is 4.15. The summed E-state index contributed by atoms with van der Waals surface area (Å²) < 4.78 is 32.7. The first kappa shape index (κ1) is 26.6. The van der Waals surface area contributed by atoms with Crippen LogP contribution < -0.4 is 14.5 Å². The quantitative estimate of drug-likeness (QED) is 0.250. The van der Waals surface area contributed by atoms with Gasteiger partial charge in [0.2, 0.25) is 0 Å². The number of amides is 1. The second kappa shape index (κ2) is 11.2. The highest BCUT2D eigenvalue weighted by Gasteiger charge is 2.27. The lowest BCUT2D eigenvalue weighted by molar-refractivity contribution is -0.385. The molecule has 3 aromatic rings. The van der Waals surface area contributed by atoms with Crippen LogP contribution in [0.2, 0.25) is 5.02 Å². The number of nitro benzene ring substituents is 1. The van der Waals surface area contributed by atoms with E-state index in [-0.39, 0.29) is 22.0 Å². The summed E-state index contributed by atoms with van der Waals surface area (Å²) in [7, 11) is -2.81. The Balaban J connectivity index is 1.85. The Hall–Kier alpha value is -3.96. The Morgan fingerprint density at radius 2 is 1.83 bits per heavy atom. The molecule has 3 aromatic carbocycles. The molecular formula is C24H23ClN4O6S. The predicted octanol–water partition coefficient (Wildman–Crippen LogP) is 4.22. The number of nitrogens with one attached hydrogen (secondary N) is 1. The van der Waals surface area contributed by atoms with Crippen LogP contribution in [0.1, 0.15) is 16.7 Å². The summed E-state index contributed by atoms with van der Waals surface area (Å²) in [6, 6.07) is 15.1. The number of ether oxygens (including phenoxy) is 1. The zero-order valence-electron chi connectivity index (χ0n) is 19.6. The number of anilines is 1. The van der Waals surface area contributed by atoms with E-state index in [2.05, 4.69) is 10.5 Å². The average molecular weight is 531 g/mol. The van der Waals surface area contributed by atoms with Gasteiger partial charge in [0, 0.05) is 16.7 Å². The number of halogens is 1. The number of nitro groups is 1. The van der Waals surface area contributed by atoms with E-state index in [4.69, 9.17) is 16.3 Å². The molecule has 0 fully saturated rings. The molecule has 0 bridgehead atoms. The van der Waals surface area contributed by atoms with Gasteiger partial charge in [0.15, 0.2) is 5.75 Å². The highest BCUT2D eigenvalue weighted by Crippen LogP contribution is 2.28. The lowest BCUT2D eigenvalue weighted by atomic mass is 10.2. The molecule has 0 spiro atoms. The largest absolute Gasteiger partial charge is 0.490 e. The van der Waals surface area contributed by atoms with Crippen molar-refractivity contribution < 1.29 is 22.9 Å². The number of carbonyl (C=O) groups is 1. The number of sulfonamides is 1. The second-order valence-electron chi connectivity index (χ2n) is 7.74. The lowest BCUT2D eigenvalue weighted by Crippen LogP contribution is -2.39. The number of hydrogen-bond acceptors (Lipinski definition) is 7. The van der Waals surface area contributed by atoms with Crippen LogP contribution in [0, 0.1) is 24.0 Å². The maximum Gasteiger partial charge on any atom is 0.311 e. The van der Waals surface area contributed by atoms with Gasteiger partial charge < -0.3 is 4.74 Å². The molecule has 0 atom stereocenters. The molecule has 0 aliphatic heterocycles. The molecule has 10 nitrogen and oxygen atoms in total. The number of methoxy groups -OCH3 is 1. The number of aryl methyl sites for hydroxylation is 2. The normalized spacial score (nSPS) is 11.3. The molecule has 0 aliphatic carbocycles. The van der Waals surface area contributed by atoms with Crippen LogP contribution in [-0.4, -0.2) is 39.1 Å². The molecule has 3 rings (SSSR count). The van der Waals surface area contributed by atoms with Gasteiger partial charge in [-0.25, -0.2) is 13.8 Å². The summed E-state index contributed by atoms with van der Waals surface area (Å²) in [6.45, 7) is 3.02. The smallest absolute Gasteiger partial charge is 0.311 e. The third kappa shape index (κ3) is 6.18. The van der Waals surface area contributed by atoms with Crippen molar-refractivity contribution >= 4 is 45.1 Å². The zero-order chi connectivity index (χ0) is 26.5. The number of carbonyl (C=O) groups excluding carboxylic acids is 1. The Kier molecular flexibility index (Phi) is 8.28. The van der Waals surface area contributed by atoms with Crippen molar-refractivity contribution in [2.24, 2.45) is 5.10 Å². The summed E-state index contributed by atoms with van der Waals surface area (Å²) in [4.78, 5) is 23.3. The molecule has 0 aromatic heterocycles. The molecule has 1 amide bonds. The van der Waals surface area contributed by atoms with Crippen molar-refractivity contribution in [1.29, 1.82) is 0 Å². The molecule has 0 radical (unpaired) electrons. The highest BCUT2D eigenvalue weighted by atomic mass is 35.5. The van der Waals surface area contributed by atoms with E-state index in [0.717, 1.165) is 15.4 Å². The molecule has 1 N–H and O–H groups in total. The SMILES string of the molecule is COc1ccc(/C=N\NC(=O)CN(c2ccc(C)c(Cl)c2)S(=O)(=O)c2ccc(C)cc2)cc1[N+](=O)[O-]. The standard InChI is InChI=1S/C24H23ClN4O6S/c1-16-4-9-20(10-5-16)36(33,34)28(19-8-6-17(2)21(25)13-19)15-24(30)27-26-14-18-7-11-23(35-3)22(12-18)29(31)32/h4-14H,15H2,1-3H3,(H,27,30)/b26-14-. The maximum absolute atomic E-state index is 13.4. The first-order chi connectivity index (χ1) is 17.0. The minimum Gasteiger partial charge on any atom is -0.490 e. The fourth-order valence-corrected chi connectivity index (χ4v) is 4.75. The van der Waals surface area contributed by atoms with E-state index >= 15 is 0 Å². The van der Waals surface area contributed by atoms with Crippen molar-refractivity contribution in [3.05, 3.63) is 92.5 Å². The summed E-state index contributed by atoms with van der Waals surface area (Å²) >= 11 is 6.22. The summed E-state index contributed by atoms with van der Waals surface area (Å²) in [5, 5.41) is 15.3. The third-order valence-corrected chi connectivity index (χ3v) is 7.34. The van der Waals surface area contributed by atoms with Gasteiger partial charge in [0.1, 0.15) is 6.54 Å². The Labute approximate surface area is 213 Å². The van der Waals surface area contributed by atoms with Gasteiger partial charge in [0.25, 0.3) is 15.9 Å². The van der Waals surface area contributed by atoms with Gasteiger partial charge in [-0.3, -0.25) is 19.2 Å². The number of nitrogens with zero attached hydrogens (tertiary/aromatic N) is 3. The first-order valence-electron chi connectivity index (χ1n) is 10.5. The van der Waals surface area contributed by atoms with Gasteiger partial charge in [-0.15, -0.1) is 0 Å². The fourth-order valence-electron chi connectivity index (χ4n) is 3.16. The molecule has 0 saturated carbocycles. The van der Waals surface area contributed by atoms with Crippen LogP contribution >= 0.6 is 11.6 Å². The van der Waals surface area contributed by atoms with Crippen molar-refractivity contribution in [2.45, 2.75) is 18.7 Å². The molecule has 36 heavy (non-hydrogen) atoms. The minimum absolute atomic E-state index is 0.00615. The molecular weight excluding hydrogens is 508 g/mol. The second-order valence-corrected chi connectivity index (χ2v) is 10.0. The van der Waals surface area contributed by atoms with Crippen LogP contribution in [0.5, 0.6) is 5.75 Å². The molecule has 0 saturated heterocycles. The van der Waals surface area contributed by atoms with Crippen LogP contribution in [0.3, 0.4) is 0 Å². The predicted molar refractivity (Wildman–Crippen MR) is 137 cm³/mol. The van der Waals surface area contributed by atoms with E-state index in [1.807, 2.05) is 6.92 Å². The van der Waals surface area contributed by atoms with Crippen LogP contribution in [0.15, 0.2) is 70.7 Å². The van der Waals surface area contributed by atoms with E-state index in [9.17, 15) is 23.3 Å². The van der Waals surface area contributed by atoms with Gasteiger partial charge >= 0.3 is 5.69 Å². The first-order valence-corrected chi connectivity index (χ1v) is 12.3. The third-order valence-electron chi connectivity index (χ3n) is 5.14. The van der Waals surface area contributed by atoms with Crippen LogP contribution in [0.4, 0.5) is 11.4 Å². The Morgan fingerprint density at radius 1 is 1.14 bits per heavy atom. The van der Waals surface area contributed by atoms with Gasteiger partial charge in [-0.05, 0) is 55.8 Å². The van der Waals surface area contributed by atoms with Crippen molar-refractivity contribution in [3.8, 4) is 5.75 Å². The zero-order valence-corrected chi connectivity index (χ0v) is 21.2. The number of benzene rings is 3. The topological polar surface area (TPSA) is 131 Å². The molecule has 0 aliphatic rings. The van der Waals surface area contributed by atoms with E-state index in [0.29, 0.717) is 10.6 Å². The lowest BCUT2D eigenvalue weighted by Gasteiger charge is -2.24. The summed E-state index contributed by atoms with van der Waals surface area (Å²) in [6.07, 6.45) is 1.20. The minimum atomic E-state index is -4.12. The number of hydrogen-bond donors (Lipinski definition) is 1. The maximum atomic E-state index is 13.4. The van der Waals surface area contributed by atoms with E-state index in [1.165, 1.54) is 49.7 Å². The summed E-state index contributed by atoms with van der Waals surface area (Å²) in [5.74, 6) is -0.656. The van der Waals surface area contributed by atoms with Crippen molar-refractivity contribution in [2.75, 3.05) is 18.0 Å². The average Bonchev–Trinajstić information content (AvgIpc) is 2.84. The van der Waals surface area contributed by atoms with Crippen molar-refractivity contribution in [1.82, 2.24) is 5.43 Å². The fraction of sp³-hybridized carbons (Fsp3) is 0.167. The number of hydrazone groups is 1. The van der Waals surface area contributed by atoms with Crippen LogP contribution in [0.25, 0.3) is 0 Å². The van der Waals surface area contributed by atoms with Crippen molar-refractivity contribution in [3.63, 3.8) is 0 Å². The molecule has 12 heteroatoms. The van der Waals surface area contributed by atoms with E-state index < -0.39 is 27.4 Å². The molecule has 188 valence electrons. The van der Waals surface area contributed by atoms with Crippen LogP contribution in [-0.2, 0) is 14.8 Å². The molecule has 0 heterocycles. The van der Waals surface area contributed by atoms with Gasteiger partial charge in [-0.1, -0.05) is 35.4 Å². The number of rotatable bonds is 9. The molecule has 0 unspecified atom stereocenters. The monoisotopic (exact) mass is 530 g/mol. The highest BCUT2D eigenvalue weighted by molar-refractivity contribution is 7.92. The Morgan fingerprint density at radius 3 is 2.44 bits per heavy atom. The Bertz CT molecular complexity index is 1430.